The summed E-state index contributed by atoms with van der Waals surface area (Å²) in [4.78, 5) is 17.7. The van der Waals surface area contributed by atoms with Crippen LogP contribution in [0.3, 0.4) is 0 Å². The molecule has 0 aliphatic heterocycles. The van der Waals surface area contributed by atoms with Crippen molar-refractivity contribution >= 4 is 17.2 Å². The van der Waals surface area contributed by atoms with Crippen LogP contribution in [-0.4, -0.2) is 10.9 Å². The lowest BCUT2D eigenvalue weighted by molar-refractivity contribution is 0.0947. The molecule has 0 bridgehead atoms. The summed E-state index contributed by atoms with van der Waals surface area (Å²) >= 11 is 1.55. The molecule has 1 amide bonds. The van der Waals surface area contributed by atoms with E-state index < -0.39 is 11.7 Å². The molecule has 1 N–H and O–H groups in total. The zero-order valence-electron chi connectivity index (χ0n) is 13.5. The predicted molar refractivity (Wildman–Crippen MR) is 94.6 cm³/mol. The molecule has 5 heteroatoms. The van der Waals surface area contributed by atoms with Gasteiger partial charge in [0.15, 0.2) is 0 Å². The number of hydrogen-bond acceptors (Lipinski definition) is 3. The first-order valence-electron chi connectivity index (χ1n) is 7.61. The maximum atomic E-state index is 13.6. The van der Waals surface area contributed by atoms with Crippen molar-refractivity contribution in [3.63, 3.8) is 0 Å². The summed E-state index contributed by atoms with van der Waals surface area (Å²) in [5, 5.41) is 3.70. The van der Waals surface area contributed by atoms with Gasteiger partial charge in [0, 0.05) is 10.4 Å². The molecule has 3 aromatic rings. The minimum absolute atomic E-state index is 0.0544. The third-order valence-corrected chi connectivity index (χ3v) is 4.99. The van der Waals surface area contributed by atoms with Crippen molar-refractivity contribution in [2.45, 2.75) is 20.4 Å². The maximum Gasteiger partial charge on any atom is 0.254 e. The van der Waals surface area contributed by atoms with Gasteiger partial charge in [-0.2, -0.15) is 0 Å². The van der Waals surface area contributed by atoms with E-state index in [2.05, 4.69) is 10.3 Å². The number of carbonyl (C=O) groups is 1. The van der Waals surface area contributed by atoms with Crippen LogP contribution in [0.2, 0.25) is 0 Å². The topological polar surface area (TPSA) is 42.0 Å². The molecule has 3 rings (SSSR count). The molecule has 1 aromatic heterocycles. The van der Waals surface area contributed by atoms with Gasteiger partial charge in [0.05, 0.1) is 17.8 Å². The summed E-state index contributed by atoms with van der Waals surface area (Å²) in [5.41, 5.74) is 3.19. The van der Waals surface area contributed by atoms with E-state index in [-0.39, 0.29) is 5.56 Å². The highest BCUT2D eigenvalue weighted by molar-refractivity contribution is 7.15. The second-order valence-electron chi connectivity index (χ2n) is 5.51. The van der Waals surface area contributed by atoms with Gasteiger partial charge < -0.3 is 5.32 Å². The molecular weight excluding hydrogens is 323 g/mol. The highest BCUT2D eigenvalue weighted by Crippen LogP contribution is 2.30. The number of halogens is 1. The highest BCUT2D eigenvalue weighted by atomic mass is 32.1. The smallest absolute Gasteiger partial charge is 0.254 e. The van der Waals surface area contributed by atoms with Crippen LogP contribution in [0.5, 0.6) is 0 Å². The van der Waals surface area contributed by atoms with Gasteiger partial charge in [-0.25, -0.2) is 9.37 Å². The van der Waals surface area contributed by atoms with Crippen molar-refractivity contribution in [2.24, 2.45) is 0 Å². The first kappa shape index (κ1) is 16.3. The number of rotatable bonds is 4. The molecule has 24 heavy (non-hydrogen) atoms. The number of benzene rings is 2. The summed E-state index contributed by atoms with van der Waals surface area (Å²) in [7, 11) is 0. The van der Waals surface area contributed by atoms with Crippen LogP contribution >= 0.6 is 11.3 Å². The number of nitrogens with zero attached hydrogens (tertiary/aromatic N) is 1. The molecule has 0 saturated heterocycles. The summed E-state index contributed by atoms with van der Waals surface area (Å²) in [6.45, 7) is 4.30. The van der Waals surface area contributed by atoms with Gasteiger partial charge >= 0.3 is 0 Å². The van der Waals surface area contributed by atoms with E-state index in [0.29, 0.717) is 6.54 Å². The molecule has 122 valence electrons. The number of hydrogen-bond donors (Lipinski definition) is 1. The Morgan fingerprint density at radius 3 is 2.58 bits per heavy atom. The van der Waals surface area contributed by atoms with Crippen LogP contribution in [0.4, 0.5) is 4.39 Å². The average Bonchev–Trinajstić information content (AvgIpc) is 2.94. The van der Waals surface area contributed by atoms with Crippen molar-refractivity contribution in [3.8, 4) is 10.6 Å². The number of nitrogens with one attached hydrogen (secondary N) is 1. The zero-order chi connectivity index (χ0) is 17.1. The van der Waals surface area contributed by atoms with Gasteiger partial charge in [-0.05, 0) is 31.5 Å². The normalized spacial score (nSPS) is 10.6. The molecule has 0 aliphatic carbocycles. The van der Waals surface area contributed by atoms with Gasteiger partial charge in [-0.15, -0.1) is 11.3 Å². The summed E-state index contributed by atoms with van der Waals surface area (Å²) in [6, 6.07) is 14.0. The van der Waals surface area contributed by atoms with E-state index in [1.54, 1.807) is 23.5 Å². The third-order valence-electron chi connectivity index (χ3n) is 3.80. The Kier molecular flexibility index (Phi) is 4.71. The van der Waals surface area contributed by atoms with Gasteiger partial charge in [-0.3, -0.25) is 4.79 Å². The monoisotopic (exact) mass is 340 g/mol. The largest absolute Gasteiger partial charge is 0.347 e. The van der Waals surface area contributed by atoms with Crippen molar-refractivity contribution in [1.29, 1.82) is 0 Å². The van der Waals surface area contributed by atoms with E-state index in [0.717, 1.165) is 26.7 Å². The fourth-order valence-electron chi connectivity index (χ4n) is 2.42. The number of aryl methyl sites for hydroxylation is 2. The summed E-state index contributed by atoms with van der Waals surface area (Å²) < 4.78 is 13.6. The molecule has 1 heterocycles. The van der Waals surface area contributed by atoms with Gasteiger partial charge in [0.25, 0.3) is 5.91 Å². The number of thiazole rings is 1. The van der Waals surface area contributed by atoms with Crippen molar-refractivity contribution < 1.29 is 9.18 Å². The van der Waals surface area contributed by atoms with E-state index >= 15 is 0 Å². The standard InChI is InChI=1S/C19H17FN2OS/c1-12-7-3-4-8-14(12)19-22-13(2)17(24-19)11-21-18(23)15-9-5-6-10-16(15)20/h3-10H,11H2,1-2H3,(H,21,23). The first-order valence-corrected chi connectivity index (χ1v) is 8.43. The Morgan fingerprint density at radius 2 is 1.83 bits per heavy atom. The molecule has 0 atom stereocenters. The van der Waals surface area contributed by atoms with Crippen LogP contribution in [-0.2, 0) is 6.54 Å². The second-order valence-corrected chi connectivity index (χ2v) is 6.59. The Bertz CT molecular complexity index is 889. The van der Waals surface area contributed by atoms with Gasteiger partial charge in [-0.1, -0.05) is 36.4 Å². The van der Waals surface area contributed by atoms with E-state index in [9.17, 15) is 9.18 Å². The molecule has 0 aliphatic rings. The Hall–Kier alpha value is -2.53. The molecule has 0 fully saturated rings. The van der Waals surface area contributed by atoms with E-state index in [4.69, 9.17) is 0 Å². The quantitative estimate of drug-likeness (QED) is 0.760. The lowest BCUT2D eigenvalue weighted by Crippen LogP contribution is -2.23. The Morgan fingerprint density at radius 1 is 1.12 bits per heavy atom. The highest BCUT2D eigenvalue weighted by Gasteiger charge is 2.14. The van der Waals surface area contributed by atoms with Crippen LogP contribution in [0.1, 0.15) is 26.5 Å². The van der Waals surface area contributed by atoms with Crippen LogP contribution in [0.25, 0.3) is 10.6 Å². The number of carbonyl (C=O) groups excluding carboxylic acids is 1. The first-order chi connectivity index (χ1) is 11.6. The fourth-order valence-corrected chi connectivity index (χ4v) is 3.51. The van der Waals surface area contributed by atoms with Crippen LogP contribution in [0.15, 0.2) is 48.5 Å². The van der Waals surface area contributed by atoms with Crippen molar-refractivity contribution in [2.75, 3.05) is 0 Å². The summed E-state index contributed by atoms with van der Waals surface area (Å²) in [6.07, 6.45) is 0. The van der Waals surface area contributed by atoms with Gasteiger partial charge in [0.1, 0.15) is 10.8 Å². The predicted octanol–water partition coefficient (Wildman–Crippen LogP) is 4.50. The van der Waals surface area contributed by atoms with Crippen LogP contribution in [0, 0.1) is 19.7 Å². The van der Waals surface area contributed by atoms with E-state index in [1.165, 1.54) is 12.1 Å². The zero-order valence-corrected chi connectivity index (χ0v) is 14.3. The Labute approximate surface area is 144 Å². The molecule has 0 saturated carbocycles. The molecule has 3 nitrogen and oxygen atoms in total. The molecule has 0 unspecified atom stereocenters. The lowest BCUT2D eigenvalue weighted by atomic mass is 10.1. The van der Waals surface area contributed by atoms with Crippen LogP contribution < -0.4 is 5.32 Å². The fraction of sp³-hybridized carbons (Fsp3) is 0.158. The Balaban J connectivity index is 1.76. The molecule has 0 radical (unpaired) electrons. The number of aromatic nitrogens is 1. The molecular formula is C19H17FN2OS. The SMILES string of the molecule is Cc1ccccc1-c1nc(C)c(CNC(=O)c2ccccc2F)s1. The third kappa shape index (κ3) is 3.36. The summed E-state index contributed by atoms with van der Waals surface area (Å²) in [5.74, 6) is -0.935. The van der Waals surface area contributed by atoms with Crippen molar-refractivity contribution in [3.05, 3.63) is 76.0 Å². The second kappa shape index (κ2) is 6.93. The molecule has 2 aromatic carbocycles. The van der Waals surface area contributed by atoms with Gasteiger partial charge in [0.2, 0.25) is 0 Å². The van der Waals surface area contributed by atoms with E-state index in [1.807, 2.05) is 38.1 Å². The average molecular weight is 340 g/mol. The minimum Gasteiger partial charge on any atom is -0.347 e. The molecule has 0 spiro atoms. The number of amides is 1. The van der Waals surface area contributed by atoms with Crippen molar-refractivity contribution in [1.82, 2.24) is 10.3 Å². The minimum atomic E-state index is -0.517. The lowest BCUT2D eigenvalue weighted by Gasteiger charge is -2.05. The maximum absolute atomic E-state index is 13.6.